The van der Waals surface area contributed by atoms with Crippen LogP contribution in [-0.2, 0) is 9.84 Å². The molecule has 0 bridgehead atoms. The van der Waals surface area contributed by atoms with E-state index in [0.717, 1.165) is 12.6 Å². The summed E-state index contributed by atoms with van der Waals surface area (Å²) in [6.45, 7) is 0. The molecular weight excluding hydrogens is 292 g/mol. The van der Waals surface area contributed by atoms with Crippen molar-refractivity contribution in [2.24, 2.45) is 0 Å². The van der Waals surface area contributed by atoms with Crippen molar-refractivity contribution in [2.75, 3.05) is 6.26 Å². The molecule has 0 saturated heterocycles. The van der Waals surface area contributed by atoms with Crippen LogP contribution in [0.3, 0.4) is 0 Å². The second-order valence-electron chi connectivity index (χ2n) is 3.70. The van der Waals surface area contributed by atoms with Crippen molar-refractivity contribution in [3.05, 3.63) is 46.0 Å². The van der Waals surface area contributed by atoms with E-state index in [1.807, 2.05) is 0 Å². The molecule has 2 rings (SSSR count). The van der Waals surface area contributed by atoms with E-state index in [1.165, 1.54) is 24.3 Å². The topological polar surface area (TPSA) is 89.1 Å². The van der Waals surface area contributed by atoms with E-state index in [1.54, 1.807) is 0 Å². The Hall–Kier alpha value is -1.86. The molecule has 8 heteroatoms. The summed E-state index contributed by atoms with van der Waals surface area (Å²) in [5, 5.41) is -0.202. The van der Waals surface area contributed by atoms with Crippen molar-refractivity contribution in [3.63, 3.8) is 0 Å². The monoisotopic (exact) mass is 300 g/mol. The lowest BCUT2D eigenvalue weighted by Crippen LogP contribution is -2.08. The molecular formula is C11H9ClN2O4S. The van der Waals surface area contributed by atoms with E-state index in [0.29, 0.717) is 0 Å². The highest BCUT2D eigenvalue weighted by molar-refractivity contribution is 7.90. The van der Waals surface area contributed by atoms with Crippen molar-refractivity contribution in [1.82, 2.24) is 9.97 Å². The minimum atomic E-state index is -3.34. The van der Waals surface area contributed by atoms with Crippen LogP contribution in [0.25, 0.3) is 0 Å². The Morgan fingerprint density at radius 2 is 2.11 bits per heavy atom. The maximum absolute atomic E-state index is 11.4. The molecule has 1 N–H and O–H groups in total. The Labute approximate surface area is 113 Å². The number of ether oxygens (including phenoxy) is 1. The normalized spacial score (nSPS) is 11.3. The second kappa shape index (κ2) is 5.02. The van der Waals surface area contributed by atoms with Crippen LogP contribution >= 0.6 is 11.6 Å². The molecule has 0 atom stereocenters. The molecule has 0 aliphatic carbocycles. The summed E-state index contributed by atoms with van der Waals surface area (Å²) in [4.78, 5) is 17.4. The van der Waals surface area contributed by atoms with E-state index in [4.69, 9.17) is 16.3 Å². The molecule has 0 aliphatic rings. The highest BCUT2D eigenvalue weighted by Gasteiger charge is 2.11. The lowest BCUT2D eigenvalue weighted by atomic mass is 10.3. The number of hydrogen-bond acceptors (Lipinski definition) is 5. The fourth-order valence-electron chi connectivity index (χ4n) is 1.32. The zero-order valence-electron chi connectivity index (χ0n) is 9.75. The SMILES string of the molecule is CS(=O)(=O)c1cccc(Oc2nc[nH]c(=O)c2Cl)c1. The Morgan fingerprint density at radius 3 is 2.79 bits per heavy atom. The van der Waals surface area contributed by atoms with Crippen LogP contribution in [0.2, 0.25) is 5.02 Å². The lowest BCUT2D eigenvalue weighted by molar-refractivity contribution is 0.459. The number of benzene rings is 1. The first-order chi connectivity index (χ1) is 8.88. The van der Waals surface area contributed by atoms with Crippen LogP contribution in [0.1, 0.15) is 0 Å². The third kappa shape index (κ3) is 3.12. The smallest absolute Gasteiger partial charge is 0.273 e. The van der Waals surface area contributed by atoms with Crippen LogP contribution in [0, 0.1) is 0 Å². The van der Waals surface area contributed by atoms with Gasteiger partial charge in [-0.05, 0) is 18.2 Å². The van der Waals surface area contributed by atoms with Gasteiger partial charge in [0.1, 0.15) is 5.75 Å². The first-order valence-electron chi connectivity index (χ1n) is 5.09. The number of rotatable bonds is 3. The summed E-state index contributed by atoms with van der Waals surface area (Å²) < 4.78 is 28.1. The molecule has 0 fully saturated rings. The number of aromatic amines is 1. The van der Waals surface area contributed by atoms with Crippen molar-refractivity contribution in [3.8, 4) is 11.6 Å². The number of sulfone groups is 1. The molecule has 0 aliphatic heterocycles. The van der Waals surface area contributed by atoms with Gasteiger partial charge in [0.05, 0.1) is 11.2 Å². The molecule has 0 unspecified atom stereocenters. The highest BCUT2D eigenvalue weighted by atomic mass is 35.5. The maximum atomic E-state index is 11.4. The molecule has 2 aromatic rings. The second-order valence-corrected chi connectivity index (χ2v) is 6.09. The van der Waals surface area contributed by atoms with Gasteiger partial charge >= 0.3 is 0 Å². The quantitative estimate of drug-likeness (QED) is 0.930. The summed E-state index contributed by atoms with van der Waals surface area (Å²) in [6.07, 6.45) is 2.23. The minimum Gasteiger partial charge on any atom is -0.437 e. The first-order valence-corrected chi connectivity index (χ1v) is 7.36. The van der Waals surface area contributed by atoms with E-state index < -0.39 is 15.4 Å². The van der Waals surface area contributed by atoms with Crippen LogP contribution < -0.4 is 10.3 Å². The van der Waals surface area contributed by atoms with Crippen LogP contribution in [0.4, 0.5) is 0 Å². The van der Waals surface area contributed by atoms with Crippen molar-refractivity contribution >= 4 is 21.4 Å². The van der Waals surface area contributed by atoms with Gasteiger partial charge in [-0.25, -0.2) is 13.4 Å². The molecule has 0 saturated carbocycles. The van der Waals surface area contributed by atoms with Crippen LogP contribution in [-0.4, -0.2) is 24.6 Å². The summed E-state index contributed by atoms with van der Waals surface area (Å²) in [6, 6.07) is 5.82. The van der Waals surface area contributed by atoms with Gasteiger partial charge in [0, 0.05) is 6.26 Å². The fraction of sp³-hybridized carbons (Fsp3) is 0.0909. The van der Waals surface area contributed by atoms with Gasteiger partial charge in [0.15, 0.2) is 14.9 Å². The average Bonchev–Trinajstić information content (AvgIpc) is 2.34. The number of H-pyrrole nitrogens is 1. The van der Waals surface area contributed by atoms with Gasteiger partial charge in [-0.2, -0.15) is 0 Å². The van der Waals surface area contributed by atoms with Gasteiger partial charge in [-0.15, -0.1) is 0 Å². The van der Waals surface area contributed by atoms with Gasteiger partial charge in [-0.3, -0.25) is 4.79 Å². The maximum Gasteiger partial charge on any atom is 0.273 e. The Balaban J connectivity index is 2.40. The molecule has 1 aromatic heterocycles. The zero-order valence-corrected chi connectivity index (χ0v) is 11.3. The fourth-order valence-corrected chi connectivity index (χ4v) is 2.12. The van der Waals surface area contributed by atoms with Gasteiger partial charge in [0.25, 0.3) is 5.56 Å². The Morgan fingerprint density at radius 1 is 1.37 bits per heavy atom. The lowest BCUT2D eigenvalue weighted by Gasteiger charge is -2.06. The predicted octanol–water partition coefficient (Wildman–Crippen LogP) is 1.62. The molecule has 19 heavy (non-hydrogen) atoms. The Bertz CT molecular complexity index is 770. The van der Waals surface area contributed by atoms with E-state index in [9.17, 15) is 13.2 Å². The molecule has 0 spiro atoms. The van der Waals surface area contributed by atoms with Gasteiger partial charge in [0.2, 0.25) is 5.88 Å². The molecule has 6 nitrogen and oxygen atoms in total. The summed E-state index contributed by atoms with van der Waals surface area (Å²) >= 11 is 5.72. The number of halogens is 1. The standard InChI is InChI=1S/C11H9ClN2O4S/c1-19(16,17)8-4-2-3-7(5-8)18-11-9(12)10(15)13-6-14-11/h2-6H,1H3,(H,13,14,15). The summed E-state index contributed by atoms with van der Waals surface area (Å²) in [5.41, 5.74) is -0.536. The number of hydrogen-bond donors (Lipinski definition) is 1. The molecule has 100 valence electrons. The van der Waals surface area contributed by atoms with Crippen LogP contribution in [0.15, 0.2) is 40.3 Å². The van der Waals surface area contributed by atoms with Crippen molar-refractivity contribution < 1.29 is 13.2 Å². The third-order valence-electron chi connectivity index (χ3n) is 2.21. The number of nitrogens with one attached hydrogen (secondary N) is 1. The molecule has 0 radical (unpaired) electrons. The number of nitrogens with zero attached hydrogens (tertiary/aromatic N) is 1. The average molecular weight is 301 g/mol. The van der Waals surface area contributed by atoms with Gasteiger partial charge < -0.3 is 9.72 Å². The van der Waals surface area contributed by atoms with Crippen molar-refractivity contribution in [2.45, 2.75) is 4.90 Å². The first kappa shape index (κ1) is 13.6. The minimum absolute atomic E-state index is 0.0870. The Kier molecular flexibility index (Phi) is 3.59. The van der Waals surface area contributed by atoms with E-state index in [-0.39, 0.29) is 21.5 Å². The van der Waals surface area contributed by atoms with Gasteiger partial charge in [-0.1, -0.05) is 17.7 Å². The largest absolute Gasteiger partial charge is 0.437 e. The summed E-state index contributed by atoms with van der Waals surface area (Å²) in [7, 11) is -3.34. The summed E-state index contributed by atoms with van der Waals surface area (Å²) in [5.74, 6) is 0.138. The molecule has 1 heterocycles. The zero-order chi connectivity index (χ0) is 14.0. The molecule has 1 aromatic carbocycles. The van der Waals surface area contributed by atoms with E-state index in [2.05, 4.69) is 9.97 Å². The third-order valence-corrected chi connectivity index (χ3v) is 3.66. The molecule has 0 amide bonds. The highest BCUT2D eigenvalue weighted by Crippen LogP contribution is 2.25. The van der Waals surface area contributed by atoms with Crippen LogP contribution in [0.5, 0.6) is 11.6 Å². The van der Waals surface area contributed by atoms with Crippen molar-refractivity contribution in [1.29, 1.82) is 0 Å². The van der Waals surface area contributed by atoms with E-state index >= 15 is 0 Å². The predicted molar refractivity (Wildman–Crippen MR) is 69.5 cm³/mol. The number of aromatic nitrogens is 2.